The maximum absolute atomic E-state index is 12.8. The fourth-order valence-corrected chi connectivity index (χ4v) is 4.17. The second-order valence-corrected chi connectivity index (χ2v) is 7.88. The summed E-state index contributed by atoms with van der Waals surface area (Å²) in [4.78, 5) is 13.8. The molecule has 0 saturated heterocycles. The van der Waals surface area contributed by atoms with E-state index in [1.54, 1.807) is 26.0 Å². The van der Waals surface area contributed by atoms with Crippen LogP contribution in [0.2, 0.25) is 5.02 Å². The highest BCUT2D eigenvalue weighted by Gasteiger charge is 2.19. The third kappa shape index (κ3) is 5.09. The van der Waals surface area contributed by atoms with Crippen molar-refractivity contribution in [1.82, 2.24) is 0 Å². The highest BCUT2D eigenvalue weighted by Crippen LogP contribution is 2.41. The van der Waals surface area contributed by atoms with Crippen LogP contribution in [0.15, 0.2) is 77.7 Å². The lowest BCUT2D eigenvalue weighted by Crippen LogP contribution is -2.05. The van der Waals surface area contributed by atoms with E-state index in [9.17, 15) is 4.79 Å². The molecule has 0 saturated carbocycles. The number of hydrogen-bond donors (Lipinski definition) is 0. The summed E-state index contributed by atoms with van der Waals surface area (Å²) in [6, 6.07) is 22.8. The summed E-state index contributed by atoms with van der Waals surface area (Å²) in [7, 11) is 3.22. The van der Waals surface area contributed by atoms with Crippen molar-refractivity contribution in [3.05, 3.63) is 88.9 Å². The van der Waals surface area contributed by atoms with E-state index < -0.39 is 0 Å². The average molecular weight is 413 g/mol. The van der Waals surface area contributed by atoms with Gasteiger partial charge in [0, 0.05) is 27.2 Å². The zero-order chi connectivity index (χ0) is 19.9. The van der Waals surface area contributed by atoms with Crippen LogP contribution < -0.4 is 9.47 Å². The highest BCUT2D eigenvalue weighted by atomic mass is 35.5. The van der Waals surface area contributed by atoms with Gasteiger partial charge in [0.15, 0.2) is 17.3 Å². The maximum atomic E-state index is 12.8. The molecule has 28 heavy (non-hydrogen) atoms. The van der Waals surface area contributed by atoms with Gasteiger partial charge < -0.3 is 9.47 Å². The molecule has 1 atom stereocenters. The molecular formula is C23H21ClO3S. The number of ether oxygens (including phenoxy) is 2. The number of rotatable bonds is 8. The molecular weight excluding hydrogens is 392 g/mol. The van der Waals surface area contributed by atoms with Gasteiger partial charge in [0.05, 0.1) is 14.2 Å². The van der Waals surface area contributed by atoms with E-state index >= 15 is 0 Å². The quantitative estimate of drug-likeness (QED) is 0.314. The number of carbonyl (C=O) groups is 1. The van der Waals surface area contributed by atoms with Crippen molar-refractivity contribution in [2.45, 2.75) is 16.6 Å². The van der Waals surface area contributed by atoms with E-state index in [-0.39, 0.29) is 11.0 Å². The number of carbonyl (C=O) groups excluding carboxylic acids is 1. The second-order valence-electron chi connectivity index (χ2n) is 6.17. The van der Waals surface area contributed by atoms with Gasteiger partial charge in [-0.15, -0.1) is 11.8 Å². The van der Waals surface area contributed by atoms with E-state index in [0.29, 0.717) is 22.9 Å². The SMILES string of the molecule is COc1ccc(S[C@H](CC(=O)c2ccccc2)c2ccc(Cl)cc2)cc1OC. The summed E-state index contributed by atoms with van der Waals surface area (Å²) in [5.41, 5.74) is 1.77. The van der Waals surface area contributed by atoms with Gasteiger partial charge in [0.1, 0.15) is 0 Å². The van der Waals surface area contributed by atoms with Gasteiger partial charge in [-0.05, 0) is 35.9 Å². The second kappa shape index (κ2) is 9.67. The fraction of sp³-hybridized carbons (Fsp3) is 0.174. The highest BCUT2D eigenvalue weighted by molar-refractivity contribution is 7.99. The number of thioether (sulfide) groups is 1. The predicted molar refractivity (Wildman–Crippen MR) is 115 cm³/mol. The van der Waals surface area contributed by atoms with Gasteiger partial charge in [0.2, 0.25) is 0 Å². The van der Waals surface area contributed by atoms with Crippen LogP contribution in [0.25, 0.3) is 0 Å². The summed E-state index contributed by atoms with van der Waals surface area (Å²) in [6.07, 6.45) is 0.380. The molecule has 0 bridgehead atoms. The van der Waals surface area contributed by atoms with Crippen molar-refractivity contribution in [2.24, 2.45) is 0 Å². The Hall–Kier alpha value is -2.43. The zero-order valence-corrected chi connectivity index (χ0v) is 17.3. The number of halogens is 1. The molecule has 0 amide bonds. The Morgan fingerprint density at radius 1 is 0.929 bits per heavy atom. The van der Waals surface area contributed by atoms with Crippen LogP contribution in [0, 0.1) is 0 Å². The molecule has 3 rings (SSSR count). The Labute approximate surface area is 174 Å². The van der Waals surface area contributed by atoms with E-state index in [4.69, 9.17) is 21.1 Å². The molecule has 0 aliphatic heterocycles. The molecule has 5 heteroatoms. The van der Waals surface area contributed by atoms with Crippen molar-refractivity contribution in [1.29, 1.82) is 0 Å². The maximum Gasteiger partial charge on any atom is 0.164 e. The Morgan fingerprint density at radius 3 is 2.25 bits per heavy atom. The Morgan fingerprint density at radius 2 is 1.61 bits per heavy atom. The molecule has 0 unspecified atom stereocenters. The van der Waals surface area contributed by atoms with Crippen LogP contribution in [0.3, 0.4) is 0 Å². The van der Waals surface area contributed by atoms with Crippen LogP contribution in [-0.2, 0) is 0 Å². The van der Waals surface area contributed by atoms with Crippen molar-refractivity contribution in [3.63, 3.8) is 0 Å². The van der Waals surface area contributed by atoms with Crippen molar-refractivity contribution >= 4 is 29.1 Å². The first-order valence-electron chi connectivity index (χ1n) is 8.83. The van der Waals surface area contributed by atoms with Gasteiger partial charge >= 0.3 is 0 Å². The lowest BCUT2D eigenvalue weighted by molar-refractivity contribution is 0.0982. The van der Waals surface area contributed by atoms with Crippen molar-refractivity contribution in [3.8, 4) is 11.5 Å². The molecule has 3 nitrogen and oxygen atoms in total. The zero-order valence-electron chi connectivity index (χ0n) is 15.7. The minimum atomic E-state index is -0.0527. The van der Waals surface area contributed by atoms with Crippen LogP contribution in [-0.4, -0.2) is 20.0 Å². The molecule has 0 aliphatic carbocycles. The molecule has 144 valence electrons. The molecule has 0 aliphatic rings. The molecule has 0 N–H and O–H groups in total. The largest absolute Gasteiger partial charge is 0.493 e. The number of methoxy groups -OCH3 is 2. The smallest absolute Gasteiger partial charge is 0.164 e. The first-order chi connectivity index (χ1) is 13.6. The van der Waals surface area contributed by atoms with Crippen LogP contribution in [0.4, 0.5) is 0 Å². The Bertz CT molecular complexity index is 926. The van der Waals surface area contributed by atoms with Gasteiger partial charge in [-0.25, -0.2) is 0 Å². The van der Waals surface area contributed by atoms with Gasteiger partial charge in [-0.2, -0.15) is 0 Å². The molecule has 3 aromatic carbocycles. The van der Waals surface area contributed by atoms with Gasteiger partial charge in [0.25, 0.3) is 0 Å². The fourth-order valence-electron chi connectivity index (χ4n) is 2.87. The molecule has 0 radical (unpaired) electrons. The van der Waals surface area contributed by atoms with Crippen LogP contribution >= 0.6 is 23.4 Å². The molecule has 0 heterocycles. The van der Waals surface area contributed by atoms with Gasteiger partial charge in [-0.3, -0.25) is 4.79 Å². The normalized spacial score (nSPS) is 11.7. The number of benzene rings is 3. The van der Waals surface area contributed by atoms with E-state index in [1.165, 1.54) is 0 Å². The molecule has 3 aromatic rings. The average Bonchev–Trinajstić information content (AvgIpc) is 2.74. The summed E-state index contributed by atoms with van der Waals surface area (Å²) in [5, 5.41) is 0.621. The Balaban J connectivity index is 1.88. The molecule has 0 fully saturated rings. The molecule has 0 spiro atoms. The summed E-state index contributed by atoms with van der Waals surface area (Å²) in [5.74, 6) is 1.44. The van der Waals surface area contributed by atoms with Crippen LogP contribution in [0.1, 0.15) is 27.6 Å². The third-order valence-corrected chi connectivity index (χ3v) is 5.84. The minimum absolute atomic E-state index is 0.0527. The first-order valence-corrected chi connectivity index (χ1v) is 10.1. The van der Waals surface area contributed by atoms with E-state index in [1.807, 2.05) is 72.8 Å². The standard InChI is InChI=1S/C23H21ClO3S/c1-26-21-13-12-19(14-22(21)27-2)28-23(17-8-10-18(24)11-9-17)15-20(25)16-6-4-3-5-7-16/h3-14,23H,15H2,1-2H3/t23-/m1/s1. The van der Waals surface area contributed by atoms with Crippen molar-refractivity contribution in [2.75, 3.05) is 14.2 Å². The predicted octanol–water partition coefficient (Wildman–Crippen LogP) is 6.46. The van der Waals surface area contributed by atoms with Crippen LogP contribution in [0.5, 0.6) is 11.5 Å². The number of Topliss-reactive ketones (excluding diaryl/α,β-unsaturated/α-hetero) is 1. The monoisotopic (exact) mass is 412 g/mol. The summed E-state index contributed by atoms with van der Waals surface area (Å²) in [6.45, 7) is 0. The number of ketones is 1. The lowest BCUT2D eigenvalue weighted by Gasteiger charge is -2.18. The lowest BCUT2D eigenvalue weighted by atomic mass is 10.0. The first kappa shape index (κ1) is 20.3. The minimum Gasteiger partial charge on any atom is -0.493 e. The van der Waals surface area contributed by atoms with Gasteiger partial charge in [-0.1, -0.05) is 54.1 Å². The van der Waals surface area contributed by atoms with E-state index in [2.05, 4.69) is 0 Å². The Kier molecular flexibility index (Phi) is 7.01. The van der Waals surface area contributed by atoms with Crippen molar-refractivity contribution < 1.29 is 14.3 Å². The summed E-state index contributed by atoms with van der Waals surface area (Å²) < 4.78 is 10.7. The summed E-state index contributed by atoms with van der Waals surface area (Å²) >= 11 is 7.67. The topological polar surface area (TPSA) is 35.5 Å². The molecule has 0 aromatic heterocycles. The number of hydrogen-bond acceptors (Lipinski definition) is 4. The third-order valence-electron chi connectivity index (χ3n) is 4.34. The van der Waals surface area contributed by atoms with E-state index in [0.717, 1.165) is 16.0 Å².